The van der Waals surface area contributed by atoms with Crippen LogP contribution in [0.5, 0.6) is 0 Å². The minimum absolute atomic E-state index is 0.250. The SMILES string of the molecule is CCOC(=O)c1ccc(-c2ccc(/C=C3\SC(NC(C)=O)=NC3=O)o2)cc1. The number of carbonyl (C=O) groups excluding carboxylic acids is 3. The molecule has 3 rings (SSSR count). The summed E-state index contributed by atoms with van der Waals surface area (Å²) in [5, 5.41) is 2.74. The number of hydrogen-bond donors (Lipinski definition) is 1. The maximum absolute atomic E-state index is 11.9. The number of thioether (sulfide) groups is 1. The number of hydrogen-bond acceptors (Lipinski definition) is 6. The highest BCUT2D eigenvalue weighted by atomic mass is 32.2. The van der Waals surface area contributed by atoms with Crippen molar-refractivity contribution in [3.63, 3.8) is 0 Å². The Morgan fingerprint density at radius 1 is 1.22 bits per heavy atom. The Bertz CT molecular complexity index is 957. The highest BCUT2D eigenvalue weighted by molar-refractivity contribution is 8.18. The van der Waals surface area contributed by atoms with E-state index in [4.69, 9.17) is 9.15 Å². The van der Waals surface area contributed by atoms with E-state index in [1.807, 2.05) is 0 Å². The van der Waals surface area contributed by atoms with Gasteiger partial charge in [0.25, 0.3) is 5.91 Å². The van der Waals surface area contributed by atoms with Crippen LogP contribution in [0.4, 0.5) is 0 Å². The molecule has 8 heteroatoms. The van der Waals surface area contributed by atoms with Gasteiger partial charge in [-0.25, -0.2) is 4.79 Å². The molecule has 1 aliphatic heterocycles. The maximum Gasteiger partial charge on any atom is 0.338 e. The zero-order valence-corrected chi connectivity index (χ0v) is 15.5. The second-order valence-electron chi connectivity index (χ2n) is 5.51. The fraction of sp³-hybridized carbons (Fsp3) is 0.158. The van der Waals surface area contributed by atoms with Gasteiger partial charge in [0, 0.05) is 18.6 Å². The fourth-order valence-corrected chi connectivity index (χ4v) is 3.15. The molecule has 1 N–H and O–H groups in total. The van der Waals surface area contributed by atoms with Crippen molar-refractivity contribution in [1.82, 2.24) is 5.32 Å². The molecule has 2 aromatic rings. The topological polar surface area (TPSA) is 98.0 Å². The van der Waals surface area contributed by atoms with Gasteiger partial charge in [0.1, 0.15) is 11.5 Å². The van der Waals surface area contributed by atoms with Gasteiger partial charge in [-0.1, -0.05) is 12.1 Å². The lowest BCUT2D eigenvalue weighted by molar-refractivity contribution is -0.117. The minimum atomic E-state index is -0.430. The summed E-state index contributed by atoms with van der Waals surface area (Å²) in [6.07, 6.45) is 1.57. The lowest BCUT2D eigenvalue weighted by Crippen LogP contribution is -2.23. The molecule has 2 amide bonds. The van der Waals surface area contributed by atoms with Crippen molar-refractivity contribution in [2.75, 3.05) is 6.61 Å². The number of rotatable bonds is 4. The highest BCUT2D eigenvalue weighted by Gasteiger charge is 2.23. The zero-order valence-electron chi connectivity index (χ0n) is 14.6. The van der Waals surface area contributed by atoms with Crippen LogP contribution in [0.25, 0.3) is 17.4 Å². The summed E-state index contributed by atoms with van der Waals surface area (Å²) in [5.41, 5.74) is 1.25. The summed E-state index contributed by atoms with van der Waals surface area (Å²) in [4.78, 5) is 38.8. The molecular weight excluding hydrogens is 368 g/mol. The Morgan fingerprint density at radius 3 is 2.63 bits per heavy atom. The van der Waals surface area contributed by atoms with Crippen molar-refractivity contribution in [3.8, 4) is 11.3 Å². The van der Waals surface area contributed by atoms with E-state index < -0.39 is 5.91 Å². The molecule has 0 saturated carbocycles. The number of amidine groups is 1. The van der Waals surface area contributed by atoms with Crippen LogP contribution < -0.4 is 5.32 Å². The summed E-state index contributed by atoms with van der Waals surface area (Å²) in [5.74, 6) is -0.0201. The first-order valence-electron chi connectivity index (χ1n) is 8.14. The molecular formula is C19H16N2O5S. The van der Waals surface area contributed by atoms with Crippen LogP contribution in [0, 0.1) is 0 Å². The molecule has 0 aliphatic carbocycles. The molecule has 1 aromatic heterocycles. The fourth-order valence-electron chi connectivity index (χ4n) is 2.31. The third-order valence-corrected chi connectivity index (χ3v) is 4.38. The quantitative estimate of drug-likeness (QED) is 0.642. The van der Waals surface area contributed by atoms with E-state index >= 15 is 0 Å². The Balaban J connectivity index is 1.73. The molecule has 0 fully saturated rings. The summed E-state index contributed by atoms with van der Waals surface area (Å²) in [7, 11) is 0. The standard InChI is InChI=1S/C19H16N2O5S/c1-3-25-18(24)13-6-4-12(5-7-13)15-9-8-14(26-15)10-16-17(23)21-19(27-16)20-11(2)22/h4-10H,3H2,1-2H3,(H,20,21,22,23)/b16-10-. The number of benzene rings is 1. The van der Waals surface area contributed by atoms with E-state index in [0.717, 1.165) is 17.3 Å². The van der Waals surface area contributed by atoms with Crippen molar-refractivity contribution < 1.29 is 23.5 Å². The summed E-state index contributed by atoms with van der Waals surface area (Å²) in [6.45, 7) is 3.42. The number of esters is 1. The van der Waals surface area contributed by atoms with Crippen LogP contribution in [-0.2, 0) is 14.3 Å². The van der Waals surface area contributed by atoms with Crippen LogP contribution in [0.3, 0.4) is 0 Å². The lowest BCUT2D eigenvalue weighted by atomic mass is 10.1. The number of nitrogens with one attached hydrogen (secondary N) is 1. The largest absolute Gasteiger partial charge is 0.462 e. The molecule has 0 unspecified atom stereocenters. The Kier molecular flexibility index (Phi) is 5.56. The minimum Gasteiger partial charge on any atom is -0.462 e. The van der Waals surface area contributed by atoms with Crippen molar-refractivity contribution >= 4 is 40.8 Å². The van der Waals surface area contributed by atoms with Gasteiger partial charge in [-0.15, -0.1) is 0 Å². The summed E-state index contributed by atoms with van der Waals surface area (Å²) < 4.78 is 10.7. The maximum atomic E-state index is 11.9. The number of nitrogens with zero attached hydrogens (tertiary/aromatic N) is 1. The normalized spacial score (nSPS) is 15.0. The third kappa shape index (κ3) is 4.53. The lowest BCUT2D eigenvalue weighted by Gasteiger charge is -2.02. The summed E-state index contributed by atoms with van der Waals surface area (Å²) >= 11 is 1.08. The predicted molar refractivity (Wildman–Crippen MR) is 102 cm³/mol. The number of furan rings is 1. The van der Waals surface area contributed by atoms with E-state index in [-0.39, 0.29) is 17.0 Å². The van der Waals surface area contributed by atoms with E-state index in [1.165, 1.54) is 6.92 Å². The van der Waals surface area contributed by atoms with Gasteiger partial charge in [0.15, 0.2) is 5.17 Å². The average molecular weight is 384 g/mol. The number of aliphatic imine (C=N–C) groups is 1. The molecule has 27 heavy (non-hydrogen) atoms. The molecule has 0 radical (unpaired) electrons. The first kappa shape index (κ1) is 18.7. The van der Waals surface area contributed by atoms with Gasteiger partial charge in [0.05, 0.1) is 17.1 Å². The first-order chi connectivity index (χ1) is 13.0. The number of amides is 2. The van der Waals surface area contributed by atoms with E-state index in [9.17, 15) is 14.4 Å². The molecule has 0 atom stereocenters. The first-order valence-corrected chi connectivity index (χ1v) is 8.95. The van der Waals surface area contributed by atoms with Crippen LogP contribution >= 0.6 is 11.8 Å². The summed E-state index contributed by atoms with van der Waals surface area (Å²) in [6, 6.07) is 10.3. The van der Waals surface area contributed by atoms with E-state index in [2.05, 4.69) is 10.3 Å². The third-order valence-electron chi connectivity index (χ3n) is 3.48. The van der Waals surface area contributed by atoms with E-state index in [1.54, 1.807) is 49.4 Å². The Labute approximate surface area is 159 Å². The second-order valence-corrected chi connectivity index (χ2v) is 6.54. The highest BCUT2D eigenvalue weighted by Crippen LogP contribution is 2.29. The van der Waals surface area contributed by atoms with Crippen LogP contribution in [0.2, 0.25) is 0 Å². The number of carbonyl (C=O) groups is 3. The van der Waals surface area contributed by atoms with Gasteiger partial charge in [0.2, 0.25) is 5.91 Å². The molecule has 0 bridgehead atoms. The monoisotopic (exact) mass is 384 g/mol. The van der Waals surface area contributed by atoms with Crippen molar-refractivity contribution in [2.45, 2.75) is 13.8 Å². The van der Waals surface area contributed by atoms with Crippen molar-refractivity contribution in [1.29, 1.82) is 0 Å². The Morgan fingerprint density at radius 2 is 1.96 bits per heavy atom. The molecule has 0 spiro atoms. The van der Waals surface area contributed by atoms with Crippen LogP contribution in [0.15, 0.2) is 50.7 Å². The number of ether oxygens (including phenoxy) is 1. The van der Waals surface area contributed by atoms with Gasteiger partial charge in [-0.3, -0.25) is 9.59 Å². The van der Waals surface area contributed by atoms with Crippen LogP contribution in [0.1, 0.15) is 30.0 Å². The molecule has 7 nitrogen and oxygen atoms in total. The van der Waals surface area contributed by atoms with Gasteiger partial charge in [-0.05, 0) is 43.0 Å². The molecule has 1 aliphatic rings. The van der Waals surface area contributed by atoms with Crippen molar-refractivity contribution in [2.24, 2.45) is 4.99 Å². The van der Waals surface area contributed by atoms with Gasteiger partial charge in [-0.2, -0.15) is 4.99 Å². The van der Waals surface area contributed by atoms with Gasteiger partial charge < -0.3 is 14.5 Å². The molecule has 0 saturated heterocycles. The van der Waals surface area contributed by atoms with E-state index in [0.29, 0.717) is 28.6 Å². The molecule has 2 heterocycles. The second kappa shape index (κ2) is 8.05. The predicted octanol–water partition coefficient (Wildman–Crippen LogP) is 3.23. The molecule has 1 aromatic carbocycles. The van der Waals surface area contributed by atoms with Gasteiger partial charge >= 0.3 is 5.97 Å². The Hall–Kier alpha value is -3.13. The average Bonchev–Trinajstić information content (AvgIpc) is 3.22. The molecule has 138 valence electrons. The smallest absolute Gasteiger partial charge is 0.338 e. The van der Waals surface area contributed by atoms with Crippen LogP contribution in [-0.4, -0.2) is 29.6 Å². The zero-order chi connectivity index (χ0) is 19.4. The van der Waals surface area contributed by atoms with Crippen molar-refractivity contribution in [3.05, 3.63) is 52.6 Å².